The van der Waals surface area contributed by atoms with Gasteiger partial charge in [-0.15, -0.1) is 5.10 Å². The first kappa shape index (κ1) is 16.7. The van der Waals surface area contributed by atoms with Crippen LogP contribution in [0.15, 0.2) is 67.4 Å². The molecule has 2 N–H and O–H groups in total. The number of rotatable bonds is 6. The van der Waals surface area contributed by atoms with Crippen LogP contribution in [0.1, 0.15) is 23.3 Å². The zero-order chi connectivity index (χ0) is 17.8. The van der Waals surface area contributed by atoms with Crippen LogP contribution in [-0.2, 0) is 0 Å². The molecule has 0 spiro atoms. The second kappa shape index (κ2) is 7.17. The van der Waals surface area contributed by atoms with Gasteiger partial charge < -0.3 is 10.6 Å². The van der Waals surface area contributed by atoms with Gasteiger partial charge in [-0.25, -0.2) is 9.50 Å². The number of fused-ring (bicyclic) bond motifs is 1. The van der Waals surface area contributed by atoms with Crippen molar-refractivity contribution < 1.29 is 4.79 Å². The van der Waals surface area contributed by atoms with E-state index < -0.39 is 5.91 Å². The van der Waals surface area contributed by atoms with E-state index in [9.17, 15) is 4.79 Å². The summed E-state index contributed by atoms with van der Waals surface area (Å²) in [7, 11) is 0. The smallest absolute Gasteiger partial charge is 0.269 e. The first-order chi connectivity index (χ1) is 12.2. The minimum Gasteiger partial charge on any atom is -0.364 e. The summed E-state index contributed by atoms with van der Waals surface area (Å²) in [5.74, 6) is 0.243. The van der Waals surface area contributed by atoms with Crippen molar-refractivity contribution >= 4 is 17.4 Å². The number of primary amides is 1. The monoisotopic (exact) mass is 335 g/mol. The first-order valence-corrected chi connectivity index (χ1v) is 8.18. The summed E-state index contributed by atoms with van der Waals surface area (Å²) in [6.07, 6.45) is 13.0. The molecule has 1 atom stereocenters. The van der Waals surface area contributed by atoms with Crippen molar-refractivity contribution in [1.82, 2.24) is 14.6 Å². The zero-order valence-corrected chi connectivity index (χ0v) is 14.0. The highest BCUT2D eigenvalue weighted by Gasteiger charge is 2.28. The molecule has 1 fully saturated rings. The van der Waals surface area contributed by atoms with E-state index in [0.717, 1.165) is 30.8 Å². The van der Waals surface area contributed by atoms with E-state index in [1.165, 1.54) is 10.7 Å². The quantitative estimate of drug-likeness (QED) is 0.823. The largest absolute Gasteiger partial charge is 0.364 e. The third-order valence-corrected chi connectivity index (χ3v) is 4.30. The number of amides is 1. The lowest BCUT2D eigenvalue weighted by Gasteiger charge is -2.26. The molecule has 0 unspecified atom stereocenters. The molecule has 0 radical (unpaired) electrons. The van der Waals surface area contributed by atoms with Gasteiger partial charge in [0.05, 0.1) is 12.2 Å². The lowest BCUT2D eigenvalue weighted by molar-refractivity contribution is 0.0993. The highest BCUT2D eigenvalue weighted by Crippen LogP contribution is 2.29. The van der Waals surface area contributed by atoms with Gasteiger partial charge in [-0.1, -0.05) is 43.5 Å². The fourth-order valence-electron chi connectivity index (χ4n) is 3.13. The predicted molar refractivity (Wildman–Crippen MR) is 99.5 cm³/mol. The average Bonchev–Trinajstić information content (AvgIpc) is 3.25. The number of hydrogen-bond donors (Lipinski definition) is 1. The Bertz CT molecular complexity index is 877. The van der Waals surface area contributed by atoms with Crippen LogP contribution in [-0.4, -0.2) is 33.1 Å². The Morgan fingerprint density at radius 1 is 1.32 bits per heavy atom. The van der Waals surface area contributed by atoms with E-state index in [2.05, 4.69) is 28.1 Å². The van der Waals surface area contributed by atoms with Gasteiger partial charge in [0.2, 0.25) is 0 Å². The van der Waals surface area contributed by atoms with Crippen LogP contribution >= 0.6 is 0 Å². The third kappa shape index (κ3) is 3.24. The lowest BCUT2D eigenvalue weighted by atomic mass is 10.0. The summed E-state index contributed by atoms with van der Waals surface area (Å²) < 4.78 is 1.50. The molecule has 1 saturated heterocycles. The molecule has 25 heavy (non-hydrogen) atoms. The molecule has 2 aromatic rings. The molecule has 6 heteroatoms. The fraction of sp³-hybridized carbons (Fsp3) is 0.211. The molecule has 2 aromatic heterocycles. The van der Waals surface area contributed by atoms with E-state index in [-0.39, 0.29) is 11.7 Å². The number of hydrogen-bond acceptors (Lipinski definition) is 4. The van der Waals surface area contributed by atoms with Crippen molar-refractivity contribution in [2.24, 2.45) is 5.73 Å². The fourth-order valence-corrected chi connectivity index (χ4v) is 3.13. The number of anilines is 1. The number of nitrogens with two attached hydrogens (primary N) is 1. The second-order valence-corrected chi connectivity index (χ2v) is 5.81. The van der Waals surface area contributed by atoms with Crippen LogP contribution in [0.3, 0.4) is 0 Å². The average molecular weight is 335 g/mol. The SMILES string of the molecule is C=C/C=C\C=C(/C=C)[C@H]1CCCN1c1ccc2ncc(C(N)=O)n2n1. The van der Waals surface area contributed by atoms with Crippen LogP contribution in [0.5, 0.6) is 0 Å². The molecule has 6 nitrogen and oxygen atoms in total. The molecule has 0 aliphatic carbocycles. The van der Waals surface area contributed by atoms with Gasteiger partial charge in [0.1, 0.15) is 11.5 Å². The van der Waals surface area contributed by atoms with Gasteiger partial charge in [0, 0.05) is 6.54 Å². The minimum absolute atomic E-state index is 0.192. The van der Waals surface area contributed by atoms with Crippen molar-refractivity contribution in [3.05, 3.63) is 73.1 Å². The maximum Gasteiger partial charge on any atom is 0.269 e. The van der Waals surface area contributed by atoms with E-state index >= 15 is 0 Å². The number of allylic oxidation sites excluding steroid dienone is 4. The topological polar surface area (TPSA) is 76.5 Å². The van der Waals surface area contributed by atoms with Crippen LogP contribution in [0.2, 0.25) is 0 Å². The van der Waals surface area contributed by atoms with Gasteiger partial charge in [-0.2, -0.15) is 0 Å². The molecule has 1 aliphatic heterocycles. The summed E-state index contributed by atoms with van der Waals surface area (Å²) in [6, 6.07) is 3.96. The molecule has 3 rings (SSSR count). The lowest BCUT2D eigenvalue weighted by Crippen LogP contribution is -2.31. The summed E-state index contributed by atoms with van der Waals surface area (Å²) in [5.41, 5.74) is 7.40. The molecule has 1 amide bonds. The normalized spacial score (nSPS) is 18.2. The van der Waals surface area contributed by atoms with Gasteiger partial charge in [0.25, 0.3) is 5.91 Å². The molecule has 0 bridgehead atoms. The van der Waals surface area contributed by atoms with Gasteiger partial charge >= 0.3 is 0 Å². The van der Waals surface area contributed by atoms with Gasteiger partial charge in [-0.3, -0.25) is 4.79 Å². The minimum atomic E-state index is -0.545. The standard InChI is InChI=1S/C19H21N5O/c1-3-5-6-8-14(4-2)15-9-7-12-23(15)18-11-10-17-21-13-16(19(20)25)24(17)22-18/h3-6,8,10-11,13,15H,1-2,7,9,12H2,(H2,20,25)/b6-5-,14-8+/t15-/m1/s1. The summed E-state index contributed by atoms with van der Waals surface area (Å²) in [6.45, 7) is 8.51. The third-order valence-electron chi connectivity index (χ3n) is 4.30. The second-order valence-electron chi connectivity index (χ2n) is 5.81. The summed E-state index contributed by atoms with van der Waals surface area (Å²) in [4.78, 5) is 17.9. The molecule has 1 aliphatic rings. The Morgan fingerprint density at radius 3 is 2.88 bits per heavy atom. The van der Waals surface area contributed by atoms with Crippen LogP contribution in [0.25, 0.3) is 5.65 Å². The number of imidazole rings is 1. The Labute approximate surface area is 146 Å². The van der Waals surface area contributed by atoms with Crippen molar-refractivity contribution in [2.75, 3.05) is 11.4 Å². The van der Waals surface area contributed by atoms with E-state index in [1.54, 1.807) is 6.08 Å². The van der Waals surface area contributed by atoms with Gasteiger partial charge in [-0.05, 0) is 30.5 Å². The Hall–Kier alpha value is -3.15. The maximum atomic E-state index is 11.5. The Morgan fingerprint density at radius 2 is 2.16 bits per heavy atom. The van der Waals surface area contributed by atoms with Crippen LogP contribution in [0, 0.1) is 0 Å². The van der Waals surface area contributed by atoms with E-state index in [4.69, 9.17) is 5.73 Å². The molecular weight excluding hydrogens is 314 g/mol. The van der Waals surface area contributed by atoms with E-state index in [1.807, 2.05) is 36.4 Å². The van der Waals surface area contributed by atoms with Crippen molar-refractivity contribution in [1.29, 1.82) is 0 Å². The Balaban J connectivity index is 1.98. The first-order valence-electron chi connectivity index (χ1n) is 8.18. The summed E-state index contributed by atoms with van der Waals surface area (Å²) in [5, 5.41) is 4.59. The van der Waals surface area contributed by atoms with E-state index in [0.29, 0.717) is 5.65 Å². The molecule has 0 aromatic carbocycles. The predicted octanol–water partition coefficient (Wildman–Crippen LogP) is 2.65. The van der Waals surface area contributed by atoms with Crippen LogP contribution in [0.4, 0.5) is 5.82 Å². The molecular formula is C19H21N5O. The summed E-state index contributed by atoms with van der Waals surface area (Å²) >= 11 is 0. The highest BCUT2D eigenvalue weighted by molar-refractivity contribution is 5.91. The van der Waals surface area contributed by atoms with Crippen molar-refractivity contribution in [2.45, 2.75) is 18.9 Å². The molecule has 0 saturated carbocycles. The number of aromatic nitrogens is 3. The number of carbonyl (C=O) groups excluding carboxylic acids is 1. The maximum absolute atomic E-state index is 11.5. The molecule has 128 valence electrons. The highest BCUT2D eigenvalue weighted by atomic mass is 16.1. The van der Waals surface area contributed by atoms with Crippen molar-refractivity contribution in [3.63, 3.8) is 0 Å². The van der Waals surface area contributed by atoms with Crippen LogP contribution < -0.4 is 10.6 Å². The zero-order valence-electron chi connectivity index (χ0n) is 14.0. The molecule has 3 heterocycles. The Kier molecular flexibility index (Phi) is 4.79. The van der Waals surface area contributed by atoms with Crippen molar-refractivity contribution in [3.8, 4) is 0 Å². The number of nitrogens with zero attached hydrogens (tertiary/aromatic N) is 4. The van der Waals surface area contributed by atoms with Gasteiger partial charge in [0.15, 0.2) is 5.65 Å². The number of carbonyl (C=O) groups is 1.